The third-order valence-corrected chi connectivity index (χ3v) is 5.28. The van der Waals surface area contributed by atoms with Crippen LogP contribution < -0.4 is 20.2 Å². The number of benzene rings is 1. The van der Waals surface area contributed by atoms with Crippen LogP contribution in [0.2, 0.25) is 15.1 Å². The van der Waals surface area contributed by atoms with Crippen molar-refractivity contribution in [2.75, 3.05) is 26.4 Å². The number of aliphatic hydroxyl groups excluding tert-OH is 1. The van der Waals surface area contributed by atoms with Crippen molar-refractivity contribution in [1.82, 2.24) is 14.9 Å². The summed E-state index contributed by atoms with van der Waals surface area (Å²) in [5, 5.41) is 12.4. The molecular weight excluding hydrogens is 481 g/mol. The number of fused-ring (bicyclic) bond motifs is 1. The van der Waals surface area contributed by atoms with E-state index < -0.39 is 0 Å². The largest absolute Gasteiger partial charge is 0.491 e. The first kappa shape index (κ1) is 24.1. The first-order valence-electron chi connectivity index (χ1n) is 9.55. The van der Waals surface area contributed by atoms with Crippen molar-refractivity contribution in [3.8, 4) is 17.3 Å². The van der Waals surface area contributed by atoms with E-state index in [1.807, 2.05) is 0 Å². The standard InChI is InChI=1S/C21H20Cl3N3O5/c1-11-7-17(30)18-20(16(24)10-26-21(18)32-5-3-25-12(2)29)27(11)19-14(22)8-13(9-15(19)23)31-6-4-28/h7-10,28H,3-6H2,1-2H3,(H,25,29). The highest BCUT2D eigenvalue weighted by atomic mass is 35.5. The number of aromatic nitrogens is 2. The number of pyridine rings is 2. The lowest BCUT2D eigenvalue weighted by Crippen LogP contribution is -2.25. The van der Waals surface area contributed by atoms with Gasteiger partial charge >= 0.3 is 0 Å². The number of ether oxygens (including phenoxy) is 2. The number of hydrogen-bond donors (Lipinski definition) is 2. The van der Waals surface area contributed by atoms with Crippen molar-refractivity contribution in [2.24, 2.45) is 0 Å². The summed E-state index contributed by atoms with van der Waals surface area (Å²) in [4.78, 5) is 28.1. The van der Waals surface area contributed by atoms with Crippen LogP contribution in [0.5, 0.6) is 11.6 Å². The number of carbonyl (C=O) groups excluding carboxylic acids is 1. The molecule has 0 unspecified atom stereocenters. The lowest BCUT2D eigenvalue weighted by molar-refractivity contribution is -0.119. The maximum absolute atomic E-state index is 12.9. The van der Waals surface area contributed by atoms with Crippen LogP contribution in [0.25, 0.3) is 16.6 Å². The van der Waals surface area contributed by atoms with E-state index in [4.69, 9.17) is 49.4 Å². The summed E-state index contributed by atoms with van der Waals surface area (Å²) in [5.41, 5.74) is 0.916. The van der Waals surface area contributed by atoms with Gasteiger partial charge in [-0.3, -0.25) is 9.59 Å². The van der Waals surface area contributed by atoms with Crippen LogP contribution in [0.3, 0.4) is 0 Å². The first-order valence-corrected chi connectivity index (χ1v) is 10.7. The van der Waals surface area contributed by atoms with E-state index in [1.165, 1.54) is 19.2 Å². The molecule has 3 rings (SSSR count). The number of hydrogen-bond acceptors (Lipinski definition) is 6. The minimum absolute atomic E-state index is 0.0728. The zero-order valence-corrected chi connectivity index (χ0v) is 19.5. The van der Waals surface area contributed by atoms with Crippen molar-refractivity contribution < 1.29 is 19.4 Å². The number of halogens is 3. The molecule has 0 aliphatic rings. The average molecular weight is 501 g/mol. The summed E-state index contributed by atoms with van der Waals surface area (Å²) in [6.45, 7) is 3.39. The van der Waals surface area contributed by atoms with Crippen molar-refractivity contribution >= 4 is 51.6 Å². The van der Waals surface area contributed by atoms with Crippen LogP contribution in [-0.2, 0) is 4.79 Å². The van der Waals surface area contributed by atoms with Gasteiger partial charge in [-0.15, -0.1) is 0 Å². The summed E-state index contributed by atoms with van der Waals surface area (Å²) < 4.78 is 12.7. The Kier molecular flexibility index (Phi) is 7.84. The smallest absolute Gasteiger partial charge is 0.227 e. The van der Waals surface area contributed by atoms with E-state index >= 15 is 0 Å². The molecule has 1 amide bonds. The van der Waals surface area contributed by atoms with Gasteiger partial charge in [-0.25, -0.2) is 4.98 Å². The van der Waals surface area contributed by atoms with Gasteiger partial charge in [0.15, 0.2) is 5.43 Å². The molecule has 0 fully saturated rings. The van der Waals surface area contributed by atoms with Crippen molar-refractivity contribution in [3.05, 3.63) is 55.4 Å². The van der Waals surface area contributed by atoms with Crippen LogP contribution in [0.15, 0.2) is 29.2 Å². The topological polar surface area (TPSA) is 103 Å². The molecule has 0 aliphatic heterocycles. The molecule has 2 aromatic heterocycles. The number of aryl methyl sites for hydroxylation is 1. The highest BCUT2D eigenvalue weighted by molar-refractivity contribution is 6.39. The molecule has 8 nitrogen and oxygen atoms in total. The van der Waals surface area contributed by atoms with E-state index in [1.54, 1.807) is 23.6 Å². The SMILES string of the molecule is CC(=O)NCCOc1ncc(Cl)c2c1c(=O)cc(C)n2-c1c(Cl)cc(OCCO)cc1Cl. The van der Waals surface area contributed by atoms with E-state index in [0.29, 0.717) is 22.6 Å². The second-order valence-electron chi connectivity index (χ2n) is 6.76. The Morgan fingerprint density at radius 3 is 2.44 bits per heavy atom. The molecule has 170 valence electrons. The van der Waals surface area contributed by atoms with Gasteiger partial charge in [0.05, 0.1) is 45.6 Å². The molecule has 0 saturated carbocycles. The summed E-state index contributed by atoms with van der Waals surface area (Å²) in [6, 6.07) is 4.52. The normalized spacial score (nSPS) is 10.9. The fourth-order valence-electron chi connectivity index (χ4n) is 3.18. The molecule has 2 N–H and O–H groups in total. The third-order valence-electron chi connectivity index (χ3n) is 4.42. The molecular formula is C21H20Cl3N3O5. The maximum Gasteiger partial charge on any atom is 0.227 e. The molecule has 0 atom stereocenters. The van der Waals surface area contributed by atoms with E-state index in [2.05, 4.69) is 10.3 Å². The number of nitrogens with zero attached hydrogens (tertiary/aromatic N) is 2. The number of carbonyl (C=O) groups is 1. The Hall–Kier alpha value is -2.52. The molecule has 3 aromatic rings. The summed E-state index contributed by atoms with van der Waals surface area (Å²) in [6.07, 6.45) is 1.37. The van der Waals surface area contributed by atoms with Gasteiger partial charge in [-0.05, 0) is 6.92 Å². The number of aliphatic hydroxyl groups is 1. The monoisotopic (exact) mass is 499 g/mol. The summed E-state index contributed by atoms with van der Waals surface area (Å²) in [5.74, 6) is 0.260. The quantitative estimate of drug-likeness (QED) is 0.459. The molecule has 2 heterocycles. The van der Waals surface area contributed by atoms with Crippen LogP contribution >= 0.6 is 34.8 Å². The van der Waals surface area contributed by atoms with E-state index in [9.17, 15) is 9.59 Å². The van der Waals surface area contributed by atoms with Crippen molar-refractivity contribution in [1.29, 1.82) is 0 Å². The predicted molar refractivity (Wildman–Crippen MR) is 124 cm³/mol. The number of nitrogens with one attached hydrogen (secondary N) is 1. The van der Waals surface area contributed by atoms with E-state index in [-0.39, 0.29) is 64.0 Å². The van der Waals surface area contributed by atoms with Crippen LogP contribution in [0.4, 0.5) is 0 Å². The maximum atomic E-state index is 12.9. The van der Waals surface area contributed by atoms with Crippen molar-refractivity contribution in [2.45, 2.75) is 13.8 Å². The van der Waals surface area contributed by atoms with Crippen molar-refractivity contribution in [3.63, 3.8) is 0 Å². The average Bonchev–Trinajstić information content (AvgIpc) is 2.72. The molecule has 32 heavy (non-hydrogen) atoms. The van der Waals surface area contributed by atoms with Gasteiger partial charge < -0.3 is 24.5 Å². The molecule has 11 heteroatoms. The Bertz CT molecular complexity index is 1210. The summed E-state index contributed by atoms with van der Waals surface area (Å²) >= 11 is 19.5. The molecule has 0 aliphatic carbocycles. The van der Waals surface area contributed by atoms with Gasteiger partial charge in [-0.2, -0.15) is 0 Å². The Morgan fingerprint density at radius 2 is 1.81 bits per heavy atom. The van der Waals surface area contributed by atoms with Crippen LogP contribution in [0, 0.1) is 6.92 Å². The molecule has 0 saturated heterocycles. The summed E-state index contributed by atoms with van der Waals surface area (Å²) in [7, 11) is 0. The first-order chi connectivity index (χ1) is 15.2. The zero-order valence-electron chi connectivity index (χ0n) is 17.2. The lowest BCUT2D eigenvalue weighted by Gasteiger charge is -2.20. The minimum Gasteiger partial charge on any atom is -0.491 e. The van der Waals surface area contributed by atoms with Gasteiger partial charge in [0.1, 0.15) is 24.3 Å². The molecule has 1 aromatic carbocycles. The number of rotatable bonds is 8. The Labute approximate surface area is 198 Å². The van der Waals surface area contributed by atoms with Crippen LogP contribution in [0.1, 0.15) is 12.6 Å². The van der Waals surface area contributed by atoms with Gasteiger partial charge in [0, 0.05) is 30.8 Å². The minimum atomic E-state index is -0.339. The molecule has 0 radical (unpaired) electrons. The lowest BCUT2D eigenvalue weighted by atomic mass is 10.2. The zero-order chi connectivity index (χ0) is 23.4. The second-order valence-corrected chi connectivity index (χ2v) is 7.98. The van der Waals surface area contributed by atoms with Gasteiger partial charge in [-0.1, -0.05) is 34.8 Å². The van der Waals surface area contributed by atoms with Gasteiger partial charge in [0.25, 0.3) is 0 Å². The fourth-order valence-corrected chi connectivity index (χ4v) is 4.04. The number of amides is 1. The Balaban J connectivity index is 2.18. The fraction of sp³-hybridized carbons (Fsp3) is 0.286. The third kappa shape index (κ3) is 5.10. The molecule has 0 bridgehead atoms. The second kappa shape index (κ2) is 10.4. The van der Waals surface area contributed by atoms with E-state index in [0.717, 1.165) is 0 Å². The highest BCUT2D eigenvalue weighted by Crippen LogP contribution is 2.38. The predicted octanol–water partition coefficient (Wildman–Crippen LogP) is 3.54. The molecule has 0 spiro atoms. The Morgan fingerprint density at radius 1 is 1.12 bits per heavy atom. The van der Waals surface area contributed by atoms with Crippen LogP contribution in [-0.4, -0.2) is 46.9 Å². The van der Waals surface area contributed by atoms with Gasteiger partial charge in [0.2, 0.25) is 11.8 Å². The highest BCUT2D eigenvalue weighted by Gasteiger charge is 2.21.